The maximum absolute atomic E-state index is 6.32. The van der Waals surface area contributed by atoms with Crippen molar-refractivity contribution in [1.29, 1.82) is 0 Å². The van der Waals surface area contributed by atoms with Crippen molar-refractivity contribution in [2.75, 3.05) is 24.3 Å². The molecule has 0 radical (unpaired) electrons. The molecule has 112 valence electrons. The lowest BCUT2D eigenvalue weighted by Gasteiger charge is -2.23. The first-order valence-electron chi connectivity index (χ1n) is 6.57. The number of halogens is 3. The SMILES string of the molecule is CC(Nc1cc(Cl)ccc1N(C)C)c1ccc(Br)cc1Cl. The van der Waals surface area contributed by atoms with Gasteiger partial charge in [-0.05, 0) is 42.8 Å². The summed E-state index contributed by atoms with van der Waals surface area (Å²) in [7, 11) is 4.01. The molecule has 0 bridgehead atoms. The summed E-state index contributed by atoms with van der Waals surface area (Å²) in [5.41, 5.74) is 3.11. The van der Waals surface area contributed by atoms with E-state index < -0.39 is 0 Å². The third kappa shape index (κ3) is 4.06. The number of hydrogen-bond donors (Lipinski definition) is 1. The van der Waals surface area contributed by atoms with Crippen molar-refractivity contribution in [3.63, 3.8) is 0 Å². The molecule has 2 rings (SSSR count). The quantitative estimate of drug-likeness (QED) is 0.692. The number of nitrogens with zero attached hydrogens (tertiary/aromatic N) is 1. The zero-order chi connectivity index (χ0) is 15.6. The van der Waals surface area contributed by atoms with Gasteiger partial charge in [-0.2, -0.15) is 0 Å². The van der Waals surface area contributed by atoms with Crippen LogP contribution in [0.4, 0.5) is 11.4 Å². The summed E-state index contributed by atoms with van der Waals surface area (Å²) in [6.45, 7) is 2.08. The van der Waals surface area contributed by atoms with Crippen LogP contribution in [0.3, 0.4) is 0 Å². The van der Waals surface area contributed by atoms with Crippen molar-refractivity contribution in [3.05, 3.63) is 56.5 Å². The van der Waals surface area contributed by atoms with E-state index in [-0.39, 0.29) is 6.04 Å². The van der Waals surface area contributed by atoms with Crippen LogP contribution < -0.4 is 10.2 Å². The highest BCUT2D eigenvalue weighted by Crippen LogP contribution is 2.33. The Bertz CT molecular complexity index is 644. The van der Waals surface area contributed by atoms with Gasteiger partial charge in [-0.1, -0.05) is 45.2 Å². The van der Waals surface area contributed by atoms with Crippen molar-refractivity contribution >= 4 is 50.5 Å². The topological polar surface area (TPSA) is 15.3 Å². The van der Waals surface area contributed by atoms with Gasteiger partial charge in [-0.15, -0.1) is 0 Å². The minimum Gasteiger partial charge on any atom is -0.377 e. The fourth-order valence-corrected chi connectivity index (χ4v) is 3.19. The van der Waals surface area contributed by atoms with Crippen LogP contribution in [-0.2, 0) is 0 Å². The number of benzene rings is 2. The van der Waals surface area contributed by atoms with Gasteiger partial charge in [0.1, 0.15) is 0 Å². The molecule has 0 aromatic heterocycles. The molecule has 1 unspecified atom stereocenters. The summed E-state index contributed by atoms with van der Waals surface area (Å²) in [6.07, 6.45) is 0. The lowest BCUT2D eigenvalue weighted by Crippen LogP contribution is -2.14. The zero-order valence-corrected chi connectivity index (χ0v) is 15.2. The molecule has 5 heteroatoms. The molecule has 0 spiro atoms. The van der Waals surface area contributed by atoms with Crippen molar-refractivity contribution in [2.24, 2.45) is 0 Å². The Hall–Kier alpha value is -0.900. The summed E-state index contributed by atoms with van der Waals surface area (Å²) in [5, 5.41) is 4.92. The summed E-state index contributed by atoms with van der Waals surface area (Å²) in [6, 6.07) is 11.8. The van der Waals surface area contributed by atoms with Crippen LogP contribution in [0.5, 0.6) is 0 Å². The molecule has 0 aliphatic carbocycles. The van der Waals surface area contributed by atoms with Gasteiger partial charge in [0.2, 0.25) is 0 Å². The Morgan fingerprint density at radius 3 is 2.43 bits per heavy atom. The summed E-state index contributed by atoms with van der Waals surface area (Å²) < 4.78 is 0.972. The third-order valence-corrected chi connectivity index (χ3v) is 4.30. The smallest absolute Gasteiger partial charge is 0.0598 e. The summed E-state index contributed by atoms with van der Waals surface area (Å²) in [4.78, 5) is 2.05. The van der Waals surface area contributed by atoms with Crippen LogP contribution >= 0.6 is 39.1 Å². The van der Waals surface area contributed by atoms with E-state index in [1.807, 2.05) is 50.5 Å². The molecule has 0 saturated heterocycles. The van der Waals surface area contributed by atoms with Crippen LogP contribution in [-0.4, -0.2) is 14.1 Å². The number of nitrogens with one attached hydrogen (secondary N) is 1. The monoisotopic (exact) mass is 386 g/mol. The van der Waals surface area contributed by atoms with E-state index in [1.165, 1.54) is 0 Å². The maximum atomic E-state index is 6.32. The Kier molecular flexibility index (Phi) is 5.42. The number of anilines is 2. The molecule has 2 nitrogen and oxygen atoms in total. The second-order valence-electron chi connectivity index (χ2n) is 5.09. The molecule has 1 atom stereocenters. The number of hydrogen-bond acceptors (Lipinski definition) is 2. The average molecular weight is 388 g/mol. The molecule has 0 saturated carbocycles. The van der Waals surface area contributed by atoms with Gasteiger partial charge >= 0.3 is 0 Å². The largest absolute Gasteiger partial charge is 0.377 e. The molecule has 0 amide bonds. The number of rotatable bonds is 4. The Labute approximate surface area is 144 Å². The Morgan fingerprint density at radius 2 is 1.81 bits per heavy atom. The molecule has 0 fully saturated rings. The van der Waals surface area contributed by atoms with Gasteiger partial charge in [-0.3, -0.25) is 0 Å². The van der Waals surface area contributed by atoms with Gasteiger partial charge in [0, 0.05) is 28.6 Å². The van der Waals surface area contributed by atoms with E-state index >= 15 is 0 Å². The second-order valence-corrected chi connectivity index (χ2v) is 6.85. The van der Waals surface area contributed by atoms with Crippen LogP contribution in [0.2, 0.25) is 10.0 Å². The van der Waals surface area contributed by atoms with Crippen molar-refractivity contribution in [1.82, 2.24) is 0 Å². The first-order chi connectivity index (χ1) is 9.88. The normalized spacial score (nSPS) is 12.1. The molecule has 0 aliphatic heterocycles. The fourth-order valence-electron chi connectivity index (χ4n) is 2.18. The van der Waals surface area contributed by atoms with Crippen molar-refractivity contribution < 1.29 is 0 Å². The van der Waals surface area contributed by atoms with Gasteiger partial charge < -0.3 is 10.2 Å². The Balaban J connectivity index is 2.31. The van der Waals surface area contributed by atoms with Gasteiger partial charge in [0.15, 0.2) is 0 Å². The lowest BCUT2D eigenvalue weighted by molar-refractivity contribution is 0.883. The molecular formula is C16H17BrCl2N2. The molecule has 1 N–H and O–H groups in total. The van der Waals surface area contributed by atoms with Crippen molar-refractivity contribution in [2.45, 2.75) is 13.0 Å². The van der Waals surface area contributed by atoms with Gasteiger partial charge in [0.05, 0.1) is 17.4 Å². The van der Waals surface area contributed by atoms with Gasteiger partial charge in [-0.25, -0.2) is 0 Å². The standard InChI is InChI=1S/C16H17BrCl2N2/c1-10(13-6-4-11(17)8-14(13)19)20-15-9-12(18)5-7-16(15)21(2)3/h4-10,20H,1-3H3. The summed E-state index contributed by atoms with van der Waals surface area (Å²) in [5.74, 6) is 0. The molecular weight excluding hydrogens is 371 g/mol. The first kappa shape index (κ1) is 16.5. The van der Waals surface area contributed by atoms with E-state index in [2.05, 4.69) is 33.1 Å². The molecule has 2 aromatic rings. The summed E-state index contributed by atoms with van der Waals surface area (Å²) >= 11 is 15.9. The molecule has 0 heterocycles. The molecule has 21 heavy (non-hydrogen) atoms. The predicted octanol–water partition coefficient (Wildman–Crippen LogP) is 6.00. The average Bonchev–Trinajstić information content (AvgIpc) is 2.37. The highest BCUT2D eigenvalue weighted by Gasteiger charge is 2.13. The molecule has 2 aromatic carbocycles. The van der Waals surface area contributed by atoms with E-state index in [0.717, 1.165) is 26.4 Å². The van der Waals surface area contributed by atoms with Gasteiger partial charge in [0.25, 0.3) is 0 Å². The zero-order valence-electron chi connectivity index (χ0n) is 12.1. The highest BCUT2D eigenvalue weighted by atomic mass is 79.9. The van der Waals surface area contributed by atoms with Crippen LogP contribution in [0.25, 0.3) is 0 Å². The van der Waals surface area contributed by atoms with E-state index in [9.17, 15) is 0 Å². The van der Waals surface area contributed by atoms with E-state index in [4.69, 9.17) is 23.2 Å². The predicted molar refractivity (Wildman–Crippen MR) is 97.0 cm³/mol. The van der Waals surface area contributed by atoms with Crippen LogP contribution in [0.15, 0.2) is 40.9 Å². The minimum absolute atomic E-state index is 0.0720. The lowest BCUT2D eigenvalue weighted by atomic mass is 10.1. The fraction of sp³-hybridized carbons (Fsp3) is 0.250. The van der Waals surface area contributed by atoms with Crippen molar-refractivity contribution in [3.8, 4) is 0 Å². The highest BCUT2D eigenvalue weighted by molar-refractivity contribution is 9.10. The maximum Gasteiger partial charge on any atom is 0.0598 e. The van der Waals surface area contributed by atoms with E-state index in [0.29, 0.717) is 5.02 Å². The van der Waals surface area contributed by atoms with E-state index in [1.54, 1.807) is 0 Å². The minimum atomic E-state index is 0.0720. The van der Waals surface area contributed by atoms with Crippen LogP contribution in [0.1, 0.15) is 18.5 Å². The first-order valence-corrected chi connectivity index (χ1v) is 8.11. The van der Waals surface area contributed by atoms with Crippen LogP contribution in [0, 0.1) is 0 Å². The third-order valence-electron chi connectivity index (χ3n) is 3.24. The second kappa shape index (κ2) is 6.91. The Morgan fingerprint density at radius 1 is 1.10 bits per heavy atom. The molecule has 0 aliphatic rings.